The number of hydrogen-bond donors (Lipinski definition) is 2. The zero-order valence-corrected chi connectivity index (χ0v) is 8.32. The van der Waals surface area contributed by atoms with Gasteiger partial charge in [0.05, 0.1) is 6.26 Å². The van der Waals surface area contributed by atoms with E-state index >= 15 is 0 Å². The summed E-state index contributed by atoms with van der Waals surface area (Å²) in [6, 6.07) is 3.38. The van der Waals surface area contributed by atoms with E-state index < -0.39 is 5.97 Å². The molecule has 6 nitrogen and oxygen atoms in total. The molecule has 0 atom stereocenters. The van der Waals surface area contributed by atoms with E-state index in [0.29, 0.717) is 11.6 Å². The van der Waals surface area contributed by atoms with Crippen molar-refractivity contribution in [1.29, 1.82) is 0 Å². The van der Waals surface area contributed by atoms with Gasteiger partial charge < -0.3 is 9.52 Å². The van der Waals surface area contributed by atoms with E-state index in [-0.39, 0.29) is 11.3 Å². The van der Waals surface area contributed by atoms with Crippen molar-refractivity contribution in [1.82, 2.24) is 14.8 Å². The van der Waals surface area contributed by atoms with Gasteiger partial charge in [-0.05, 0) is 24.4 Å². The number of nitrogens with one attached hydrogen (secondary N) is 1. The van der Waals surface area contributed by atoms with Gasteiger partial charge in [0, 0.05) is 0 Å². The van der Waals surface area contributed by atoms with Crippen LogP contribution in [0.5, 0.6) is 0 Å². The Morgan fingerprint density at radius 2 is 2.53 bits per heavy atom. The number of carboxylic acids is 1. The fourth-order valence-corrected chi connectivity index (χ4v) is 1.39. The minimum Gasteiger partial charge on any atom is -0.480 e. The van der Waals surface area contributed by atoms with Crippen molar-refractivity contribution < 1.29 is 14.3 Å². The first kappa shape index (κ1) is 9.66. The molecule has 0 aromatic carbocycles. The Morgan fingerprint density at radius 1 is 1.73 bits per heavy atom. The number of nitrogens with zero attached hydrogens (tertiary/aromatic N) is 2. The maximum absolute atomic E-state index is 10.6. The third-order valence-electron chi connectivity index (χ3n) is 1.79. The summed E-state index contributed by atoms with van der Waals surface area (Å²) in [6.45, 7) is -0.245. The van der Waals surface area contributed by atoms with Gasteiger partial charge in [0.1, 0.15) is 6.54 Å². The number of aromatic amines is 1. The molecule has 78 valence electrons. The number of aliphatic carboxylic acids is 1. The Hall–Kier alpha value is -1.89. The van der Waals surface area contributed by atoms with Crippen LogP contribution < -0.4 is 0 Å². The maximum Gasteiger partial charge on any atom is 0.323 e. The minimum absolute atomic E-state index is 0.245. The quantitative estimate of drug-likeness (QED) is 0.769. The molecule has 2 heterocycles. The summed E-state index contributed by atoms with van der Waals surface area (Å²) in [4.78, 5) is 10.6. The zero-order valence-electron chi connectivity index (χ0n) is 7.51. The Kier molecular flexibility index (Phi) is 2.38. The van der Waals surface area contributed by atoms with Gasteiger partial charge in [-0.3, -0.25) is 14.5 Å². The minimum atomic E-state index is -0.986. The van der Waals surface area contributed by atoms with Crippen molar-refractivity contribution in [3.63, 3.8) is 0 Å². The molecular formula is C8H7N3O3S. The molecule has 0 radical (unpaired) electrons. The predicted molar refractivity (Wildman–Crippen MR) is 52.7 cm³/mol. The van der Waals surface area contributed by atoms with Crippen LogP contribution in [-0.2, 0) is 11.3 Å². The van der Waals surface area contributed by atoms with E-state index in [2.05, 4.69) is 10.2 Å². The molecule has 0 unspecified atom stereocenters. The van der Waals surface area contributed by atoms with Crippen molar-refractivity contribution in [2.24, 2.45) is 0 Å². The van der Waals surface area contributed by atoms with Crippen LogP contribution in [0.2, 0.25) is 0 Å². The van der Waals surface area contributed by atoms with Gasteiger partial charge in [0.2, 0.25) is 0 Å². The molecule has 0 bridgehead atoms. The fourth-order valence-electron chi connectivity index (χ4n) is 1.19. The Labute approximate surface area is 89.2 Å². The van der Waals surface area contributed by atoms with Crippen LogP contribution in [0.3, 0.4) is 0 Å². The Balaban J connectivity index is 2.49. The molecule has 0 fully saturated rings. The monoisotopic (exact) mass is 225 g/mol. The molecule has 0 spiro atoms. The smallest absolute Gasteiger partial charge is 0.323 e. The van der Waals surface area contributed by atoms with Gasteiger partial charge in [-0.1, -0.05) is 0 Å². The first-order chi connectivity index (χ1) is 7.18. The molecule has 0 amide bonds. The van der Waals surface area contributed by atoms with Gasteiger partial charge in [0.25, 0.3) is 0 Å². The number of aromatic nitrogens is 3. The number of hydrogen-bond acceptors (Lipinski definition) is 4. The molecule has 0 aliphatic rings. The molecule has 0 saturated heterocycles. The van der Waals surface area contributed by atoms with Crippen LogP contribution in [-0.4, -0.2) is 25.8 Å². The maximum atomic E-state index is 10.6. The van der Waals surface area contributed by atoms with Crippen molar-refractivity contribution in [3.05, 3.63) is 23.2 Å². The molecule has 0 aliphatic carbocycles. The first-order valence-corrected chi connectivity index (χ1v) is 4.50. The third kappa shape index (κ3) is 1.82. The Morgan fingerprint density at radius 3 is 3.13 bits per heavy atom. The van der Waals surface area contributed by atoms with E-state index in [1.807, 2.05) is 0 Å². The second kappa shape index (κ2) is 3.70. The summed E-state index contributed by atoms with van der Waals surface area (Å²) < 4.78 is 6.72. The highest BCUT2D eigenvalue weighted by Gasteiger charge is 2.13. The van der Waals surface area contributed by atoms with Crippen molar-refractivity contribution >= 4 is 18.2 Å². The van der Waals surface area contributed by atoms with Crippen LogP contribution in [0.15, 0.2) is 22.8 Å². The summed E-state index contributed by atoms with van der Waals surface area (Å²) in [5, 5.41) is 15.1. The number of rotatable bonds is 3. The fraction of sp³-hybridized carbons (Fsp3) is 0.125. The number of carbonyl (C=O) groups is 1. The lowest BCUT2D eigenvalue weighted by atomic mass is 10.4. The average Bonchev–Trinajstić information content (AvgIpc) is 2.76. The highest BCUT2D eigenvalue weighted by Crippen LogP contribution is 2.17. The molecule has 2 aromatic heterocycles. The molecule has 2 aromatic rings. The predicted octanol–water partition coefficient (Wildman–Crippen LogP) is 1.29. The van der Waals surface area contributed by atoms with Crippen LogP contribution in [0.4, 0.5) is 0 Å². The standard InChI is InChI=1S/C8H7N3O3S/c12-6(13)4-11-7(9-10-8(11)15)5-2-1-3-14-5/h1-3H,4H2,(H,10,15)(H,12,13). The van der Waals surface area contributed by atoms with E-state index in [0.717, 1.165) is 0 Å². The second-order valence-corrected chi connectivity index (χ2v) is 3.20. The molecule has 0 aliphatic heterocycles. The lowest BCUT2D eigenvalue weighted by Gasteiger charge is -1.99. The zero-order chi connectivity index (χ0) is 10.8. The number of furan rings is 1. The van der Waals surface area contributed by atoms with Crippen LogP contribution in [0, 0.1) is 4.77 Å². The lowest BCUT2D eigenvalue weighted by Crippen LogP contribution is -2.10. The lowest BCUT2D eigenvalue weighted by molar-refractivity contribution is -0.137. The summed E-state index contributed by atoms with van der Waals surface area (Å²) in [6.07, 6.45) is 1.48. The number of carboxylic acid groups (broad SMARTS) is 1. The summed E-state index contributed by atoms with van der Waals surface area (Å²) in [5.74, 6) is -0.128. The first-order valence-electron chi connectivity index (χ1n) is 4.09. The van der Waals surface area contributed by atoms with Gasteiger partial charge in [-0.25, -0.2) is 0 Å². The van der Waals surface area contributed by atoms with Crippen molar-refractivity contribution in [2.45, 2.75) is 6.54 Å². The summed E-state index contributed by atoms with van der Waals surface area (Å²) in [5.41, 5.74) is 0. The molecule has 0 saturated carbocycles. The van der Waals surface area contributed by atoms with Gasteiger partial charge in [-0.15, -0.1) is 0 Å². The van der Waals surface area contributed by atoms with Gasteiger partial charge >= 0.3 is 5.97 Å². The second-order valence-electron chi connectivity index (χ2n) is 2.81. The largest absolute Gasteiger partial charge is 0.480 e. The SMILES string of the molecule is O=C(O)Cn1c(-c2ccco2)n[nH]c1=S. The average molecular weight is 225 g/mol. The summed E-state index contributed by atoms with van der Waals surface area (Å²) >= 11 is 4.91. The molecule has 2 N–H and O–H groups in total. The highest BCUT2D eigenvalue weighted by atomic mass is 32.1. The van der Waals surface area contributed by atoms with Gasteiger partial charge in [-0.2, -0.15) is 5.10 Å². The molecule has 7 heteroatoms. The number of H-pyrrole nitrogens is 1. The normalized spacial score (nSPS) is 10.4. The Bertz CT molecular complexity index is 526. The van der Waals surface area contributed by atoms with E-state index in [1.165, 1.54) is 10.8 Å². The van der Waals surface area contributed by atoms with Crippen LogP contribution in [0.25, 0.3) is 11.6 Å². The van der Waals surface area contributed by atoms with Crippen LogP contribution in [0.1, 0.15) is 0 Å². The van der Waals surface area contributed by atoms with Crippen molar-refractivity contribution in [2.75, 3.05) is 0 Å². The topological polar surface area (TPSA) is 84.0 Å². The highest BCUT2D eigenvalue weighted by molar-refractivity contribution is 7.71. The van der Waals surface area contributed by atoms with E-state index in [1.54, 1.807) is 12.1 Å². The van der Waals surface area contributed by atoms with E-state index in [9.17, 15) is 4.79 Å². The molecular weight excluding hydrogens is 218 g/mol. The molecule has 2 rings (SSSR count). The summed E-state index contributed by atoms with van der Waals surface area (Å²) in [7, 11) is 0. The molecule has 15 heavy (non-hydrogen) atoms. The van der Waals surface area contributed by atoms with E-state index in [4.69, 9.17) is 21.7 Å². The van der Waals surface area contributed by atoms with Crippen molar-refractivity contribution in [3.8, 4) is 11.6 Å². The third-order valence-corrected chi connectivity index (χ3v) is 2.10. The van der Waals surface area contributed by atoms with Crippen LogP contribution >= 0.6 is 12.2 Å². The van der Waals surface area contributed by atoms with Gasteiger partial charge in [0.15, 0.2) is 16.4 Å².